The number of carbonyl (C=O) groups is 1. The van der Waals surface area contributed by atoms with Crippen LogP contribution in [0.3, 0.4) is 0 Å². The molecule has 94 valence electrons. The SMILES string of the molecule is CC(C)(C)OC(=O)Nc1ccc(CN)cc1F. The number of hydrogen-bond donors (Lipinski definition) is 2. The van der Waals surface area contributed by atoms with Gasteiger partial charge in [-0.3, -0.25) is 5.32 Å². The van der Waals surface area contributed by atoms with Crippen LogP contribution in [0.4, 0.5) is 14.9 Å². The molecule has 0 unspecified atom stereocenters. The minimum Gasteiger partial charge on any atom is -0.444 e. The molecule has 3 N–H and O–H groups in total. The number of hydrogen-bond acceptors (Lipinski definition) is 3. The van der Waals surface area contributed by atoms with E-state index in [4.69, 9.17) is 10.5 Å². The summed E-state index contributed by atoms with van der Waals surface area (Å²) in [6.07, 6.45) is -0.683. The molecule has 5 heteroatoms. The highest BCUT2D eigenvalue weighted by molar-refractivity contribution is 5.85. The van der Waals surface area contributed by atoms with E-state index in [0.29, 0.717) is 5.56 Å². The fraction of sp³-hybridized carbons (Fsp3) is 0.417. The fourth-order valence-corrected chi connectivity index (χ4v) is 1.20. The summed E-state index contributed by atoms with van der Waals surface area (Å²) < 4.78 is 18.5. The van der Waals surface area contributed by atoms with Crippen LogP contribution in [0.2, 0.25) is 0 Å². The Balaban J connectivity index is 2.72. The number of benzene rings is 1. The van der Waals surface area contributed by atoms with Crippen molar-refractivity contribution < 1.29 is 13.9 Å². The lowest BCUT2D eigenvalue weighted by molar-refractivity contribution is 0.0635. The zero-order valence-corrected chi connectivity index (χ0v) is 10.2. The van der Waals surface area contributed by atoms with Crippen LogP contribution < -0.4 is 11.1 Å². The monoisotopic (exact) mass is 240 g/mol. The van der Waals surface area contributed by atoms with Crippen LogP contribution in [0, 0.1) is 5.82 Å². The van der Waals surface area contributed by atoms with E-state index in [-0.39, 0.29) is 12.2 Å². The molecule has 0 fully saturated rings. The first-order chi connectivity index (χ1) is 7.81. The van der Waals surface area contributed by atoms with Gasteiger partial charge < -0.3 is 10.5 Å². The third-order valence-electron chi connectivity index (χ3n) is 1.90. The molecule has 0 saturated heterocycles. The Labute approximate surface area is 100.0 Å². The molecule has 0 aliphatic carbocycles. The van der Waals surface area contributed by atoms with Crippen LogP contribution in [-0.4, -0.2) is 11.7 Å². The van der Waals surface area contributed by atoms with Gasteiger partial charge in [-0.15, -0.1) is 0 Å². The lowest BCUT2D eigenvalue weighted by Crippen LogP contribution is -2.27. The van der Waals surface area contributed by atoms with Gasteiger partial charge in [-0.1, -0.05) is 6.07 Å². The van der Waals surface area contributed by atoms with E-state index in [9.17, 15) is 9.18 Å². The van der Waals surface area contributed by atoms with Crippen molar-refractivity contribution in [2.24, 2.45) is 5.73 Å². The summed E-state index contributed by atoms with van der Waals surface area (Å²) in [7, 11) is 0. The van der Waals surface area contributed by atoms with Crippen molar-refractivity contribution >= 4 is 11.8 Å². The zero-order chi connectivity index (χ0) is 13.1. The molecule has 0 atom stereocenters. The predicted molar refractivity (Wildman–Crippen MR) is 64.1 cm³/mol. The van der Waals surface area contributed by atoms with Crippen molar-refractivity contribution in [3.8, 4) is 0 Å². The smallest absolute Gasteiger partial charge is 0.412 e. The van der Waals surface area contributed by atoms with Crippen molar-refractivity contribution in [1.29, 1.82) is 0 Å². The highest BCUT2D eigenvalue weighted by Crippen LogP contribution is 2.17. The molecule has 0 heterocycles. The fourth-order valence-electron chi connectivity index (χ4n) is 1.20. The van der Waals surface area contributed by atoms with E-state index < -0.39 is 17.5 Å². The Bertz CT molecular complexity index is 413. The van der Waals surface area contributed by atoms with Gasteiger partial charge in [0.25, 0.3) is 0 Å². The Kier molecular flexibility index (Phi) is 4.07. The van der Waals surface area contributed by atoms with Gasteiger partial charge in [0.15, 0.2) is 0 Å². The molecule has 0 spiro atoms. The number of amides is 1. The van der Waals surface area contributed by atoms with Crippen molar-refractivity contribution in [2.45, 2.75) is 32.9 Å². The van der Waals surface area contributed by atoms with E-state index in [0.717, 1.165) is 0 Å². The number of rotatable bonds is 2. The molecule has 0 radical (unpaired) electrons. The molecule has 4 nitrogen and oxygen atoms in total. The highest BCUT2D eigenvalue weighted by Gasteiger charge is 2.17. The second-order valence-electron chi connectivity index (χ2n) is 4.65. The average Bonchev–Trinajstić information content (AvgIpc) is 2.18. The number of nitrogens with one attached hydrogen (secondary N) is 1. The van der Waals surface area contributed by atoms with Crippen LogP contribution in [0.1, 0.15) is 26.3 Å². The van der Waals surface area contributed by atoms with Gasteiger partial charge in [0.05, 0.1) is 5.69 Å². The number of ether oxygens (including phenoxy) is 1. The van der Waals surface area contributed by atoms with Gasteiger partial charge in [-0.05, 0) is 38.5 Å². The Hall–Kier alpha value is -1.62. The minimum absolute atomic E-state index is 0.0800. The third kappa shape index (κ3) is 4.40. The summed E-state index contributed by atoms with van der Waals surface area (Å²) in [5.74, 6) is -0.529. The molecule has 0 saturated carbocycles. The summed E-state index contributed by atoms with van der Waals surface area (Å²) in [5, 5.41) is 2.34. The van der Waals surface area contributed by atoms with Crippen molar-refractivity contribution in [3.05, 3.63) is 29.6 Å². The first-order valence-electron chi connectivity index (χ1n) is 5.30. The maximum atomic E-state index is 13.5. The molecule has 17 heavy (non-hydrogen) atoms. The molecule has 1 aromatic rings. The first kappa shape index (κ1) is 13.4. The van der Waals surface area contributed by atoms with Crippen molar-refractivity contribution in [1.82, 2.24) is 0 Å². The van der Waals surface area contributed by atoms with Crippen LogP contribution in [-0.2, 0) is 11.3 Å². The summed E-state index contributed by atoms with van der Waals surface area (Å²) in [4.78, 5) is 11.4. The van der Waals surface area contributed by atoms with Crippen LogP contribution in [0.5, 0.6) is 0 Å². The maximum Gasteiger partial charge on any atom is 0.412 e. The van der Waals surface area contributed by atoms with Gasteiger partial charge >= 0.3 is 6.09 Å². The quantitative estimate of drug-likeness (QED) is 0.835. The largest absolute Gasteiger partial charge is 0.444 e. The summed E-state index contributed by atoms with van der Waals surface area (Å²) in [6.45, 7) is 5.46. The normalized spacial score (nSPS) is 11.1. The zero-order valence-electron chi connectivity index (χ0n) is 10.2. The van der Waals surface area contributed by atoms with Gasteiger partial charge in [-0.2, -0.15) is 0 Å². The van der Waals surface area contributed by atoms with E-state index in [1.54, 1.807) is 26.8 Å². The van der Waals surface area contributed by atoms with Crippen LogP contribution >= 0.6 is 0 Å². The Morgan fingerprint density at radius 2 is 2.12 bits per heavy atom. The van der Waals surface area contributed by atoms with E-state index in [2.05, 4.69) is 5.32 Å². The minimum atomic E-state index is -0.683. The number of anilines is 1. The van der Waals surface area contributed by atoms with Crippen molar-refractivity contribution in [3.63, 3.8) is 0 Å². The molecule has 0 aliphatic rings. The molecular formula is C12H17FN2O2. The highest BCUT2D eigenvalue weighted by atomic mass is 19.1. The summed E-state index contributed by atoms with van der Waals surface area (Å²) in [5.41, 5.74) is 5.51. The molecule has 0 aromatic heterocycles. The molecule has 0 aliphatic heterocycles. The van der Waals surface area contributed by atoms with Crippen molar-refractivity contribution in [2.75, 3.05) is 5.32 Å². The maximum absolute atomic E-state index is 13.5. The van der Waals surface area contributed by atoms with E-state index in [1.165, 1.54) is 12.1 Å². The summed E-state index contributed by atoms with van der Waals surface area (Å²) in [6, 6.07) is 4.39. The molecule has 1 aromatic carbocycles. The predicted octanol–water partition coefficient (Wildman–Crippen LogP) is 2.63. The lowest BCUT2D eigenvalue weighted by Gasteiger charge is -2.19. The topological polar surface area (TPSA) is 64.3 Å². The number of halogens is 1. The van der Waals surface area contributed by atoms with Crippen LogP contribution in [0.15, 0.2) is 18.2 Å². The second-order valence-corrected chi connectivity index (χ2v) is 4.65. The summed E-state index contributed by atoms with van der Waals surface area (Å²) >= 11 is 0. The van der Waals surface area contributed by atoms with Gasteiger partial charge in [0, 0.05) is 6.54 Å². The molecule has 1 amide bonds. The lowest BCUT2D eigenvalue weighted by atomic mass is 10.2. The van der Waals surface area contributed by atoms with E-state index >= 15 is 0 Å². The molecular weight excluding hydrogens is 223 g/mol. The van der Waals surface area contributed by atoms with Gasteiger partial charge in [0.2, 0.25) is 0 Å². The standard InChI is InChI=1S/C12H17FN2O2/c1-12(2,3)17-11(16)15-10-5-4-8(7-14)6-9(10)13/h4-6H,7,14H2,1-3H3,(H,15,16). The van der Waals surface area contributed by atoms with Gasteiger partial charge in [0.1, 0.15) is 11.4 Å². The Morgan fingerprint density at radius 1 is 1.47 bits per heavy atom. The number of nitrogens with two attached hydrogens (primary N) is 1. The Morgan fingerprint density at radius 3 is 2.59 bits per heavy atom. The third-order valence-corrected chi connectivity index (χ3v) is 1.90. The van der Waals surface area contributed by atoms with Crippen LogP contribution in [0.25, 0.3) is 0 Å². The molecule has 1 rings (SSSR count). The second kappa shape index (κ2) is 5.14. The molecule has 0 bridgehead atoms. The van der Waals surface area contributed by atoms with E-state index in [1.807, 2.05) is 0 Å². The number of carbonyl (C=O) groups excluding carboxylic acids is 1. The first-order valence-corrected chi connectivity index (χ1v) is 5.30. The average molecular weight is 240 g/mol. The van der Waals surface area contributed by atoms with Gasteiger partial charge in [-0.25, -0.2) is 9.18 Å².